The number of nitrogens with zero attached hydrogens (tertiary/aromatic N) is 3. The van der Waals surface area contributed by atoms with Crippen molar-refractivity contribution >= 4 is 11.1 Å². The number of nitrogens with one attached hydrogen (secondary N) is 1. The fourth-order valence-electron chi connectivity index (χ4n) is 5.92. The van der Waals surface area contributed by atoms with E-state index in [1.807, 2.05) is 36.4 Å². The molecule has 3 aromatic carbocycles. The van der Waals surface area contributed by atoms with Crippen LogP contribution in [0.2, 0.25) is 0 Å². The molecule has 2 N–H and O–H groups in total. The van der Waals surface area contributed by atoms with Crippen LogP contribution < -0.4 is 10.4 Å². The molecule has 0 saturated carbocycles. The molecule has 6 rings (SSSR count). The van der Waals surface area contributed by atoms with Crippen LogP contribution in [-0.4, -0.2) is 57.2 Å². The van der Waals surface area contributed by atoms with Gasteiger partial charge in [0.25, 0.3) is 0 Å². The van der Waals surface area contributed by atoms with E-state index >= 15 is 0 Å². The number of fused-ring (bicyclic) bond motifs is 1. The highest BCUT2D eigenvalue weighted by molar-refractivity contribution is 6.00. The van der Waals surface area contributed by atoms with Gasteiger partial charge >= 0.3 is 5.69 Å². The normalized spacial score (nSPS) is 17.1. The van der Waals surface area contributed by atoms with E-state index in [9.17, 15) is 14.3 Å². The van der Waals surface area contributed by atoms with Gasteiger partial charge in [-0.1, -0.05) is 37.8 Å². The Labute approximate surface area is 239 Å². The zero-order valence-electron chi connectivity index (χ0n) is 22.4. The number of aromatic nitrogens is 3. The van der Waals surface area contributed by atoms with Crippen LogP contribution in [0.3, 0.4) is 0 Å². The molecule has 1 atom stereocenters. The monoisotopic (exact) mass is 556 g/mol. The summed E-state index contributed by atoms with van der Waals surface area (Å²) in [5, 5.41) is 16.5. The van der Waals surface area contributed by atoms with Crippen molar-refractivity contribution in [3.05, 3.63) is 106 Å². The fraction of sp³-hybridized carbons (Fsp3) is 0.333. The van der Waals surface area contributed by atoms with Gasteiger partial charge in [0.2, 0.25) is 0 Å². The Bertz CT molecular complexity index is 1560. The third-order valence-corrected chi connectivity index (χ3v) is 7.86. The number of aromatic amines is 1. The number of alkyl halides is 1. The zero-order chi connectivity index (χ0) is 27.5. The second-order valence-electron chi connectivity index (χ2n) is 10.5. The van der Waals surface area contributed by atoms with Crippen molar-refractivity contribution in [3.8, 4) is 17.2 Å². The third-order valence-electron chi connectivity index (χ3n) is 7.86. The Hall–Kier alpha value is -4.17. The molecule has 0 spiro atoms. The van der Waals surface area contributed by atoms with Crippen LogP contribution in [0.4, 0.5) is 4.39 Å². The van der Waals surface area contributed by atoms with Gasteiger partial charge in [0.05, 0.1) is 12.4 Å². The van der Waals surface area contributed by atoms with Gasteiger partial charge in [-0.05, 0) is 102 Å². The Balaban J connectivity index is 0.00000337. The smallest absolute Gasteiger partial charge is 0.347 e. The topological polar surface area (TPSA) is 83.4 Å². The number of allylic oxidation sites excluding steroid dienone is 1. The lowest BCUT2D eigenvalue weighted by atomic mass is 9.87. The molecule has 8 heteroatoms. The standard InChI is InChI=1S/C32H33FN4O3.CH4/c33-16-2-17-36-18-15-28(20-36)40-27-12-7-23(8-13-27)31-29(4-1-3-24-19-26(38)11-14-30(24)31)22-5-9-25(10-6-22)37-21-34-35-32(37)39;/h5-14,19,21,28,38H,1-4,15-18,20H2,(H,35,39);1H4/t28-;/m0./s1. The first-order valence-electron chi connectivity index (χ1n) is 13.9. The summed E-state index contributed by atoms with van der Waals surface area (Å²) in [6.07, 6.45) is 5.83. The number of aromatic hydroxyl groups is 1. The summed E-state index contributed by atoms with van der Waals surface area (Å²) in [6, 6.07) is 21.9. The van der Waals surface area contributed by atoms with Crippen molar-refractivity contribution in [1.82, 2.24) is 19.7 Å². The number of halogens is 1. The molecule has 41 heavy (non-hydrogen) atoms. The molecule has 1 aromatic heterocycles. The van der Waals surface area contributed by atoms with Gasteiger partial charge in [0, 0.05) is 19.6 Å². The van der Waals surface area contributed by atoms with Gasteiger partial charge in [-0.25, -0.2) is 14.5 Å². The molecule has 1 aliphatic heterocycles. The van der Waals surface area contributed by atoms with E-state index < -0.39 is 0 Å². The first kappa shape index (κ1) is 28.4. The second kappa shape index (κ2) is 12.6. The highest BCUT2D eigenvalue weighted by Gasteiger charge is 2.24. The van der Waals surface area contributed by atoms with E-state index in [0.29, 0.717) is 6.42 Å². The molecule has 2 heterocycles. The maximum absolute atomic E-state index is 12.6. The first-order chi connectivity index (χ1) is 19.6. The number of phenolic OH excluding ortho intramolecular Hbond substituents is 1. The number of benzene rings is 3. The predicted molar refractivity (Wildman–Crippen MR) is 160 cm³/mol. The molecule has 214 valence electrons. The van der Waals surface area contributed by atoms with Gasteiger partial charge in [0.15, 0.2) is 0 Å². The number of hydrogen-bond acceptors (Lipinski definition) is 5. The Morgan fingerprint density at radius 2 is 1.80 bits per heavy atom. The quantitative estimate of drug-likeness (QED) is 0.278. The zero-order valence-corrected chi connectivity index (χ0v) is 22.4. The van der Waals surface area contributed by atoms with Crippen LogP contribution in [0.5, 0.6) is 11.5 Å². The van der Waals surface area contributed by atoms with Crippen LogP contribution in [0, 0.1) is 0 Å². The highest BCUT2D eigenvalue weighted by atomic mass is 19.1. The molecule has 0 amide bonds. The molecule has 1 aliphatic carbocycles. The highest BCUT2D eigenvalue weighted by Crippen LogP contribution is 2.41. The summed E-state index contributed by atoms with van der Waals surface area (Å²) in [6.45, 7) is 2.27. The van der Waals surface area contributed by atoms with Crippen molar-refractivity contribution < 1.29 is 14.2 Å². The van der Waals surface area contributed by atoms with Crippen LogP contribution in [-0.2, 0) is 6.42 Å². The van der Waals surface area contributed by atoms with E-state index in [-0.39, 0.29) is 31.6 Å². The Kier molecular flexibility index (Phi) is 8.69. The largest absolute Gasteiger partial charge is 0.508 e. The van der Waals surface area contributed by atoms with E-state index in [2.05, 4.69) is 39.4 Å². The van der Waals surface area contributed by atoms with Crippen LogP contribution in [0.1, 0.15) is 55.4 Å². The Morgan fingerprint density at radius 3 is 2.54 bits per heavy atom. The van der Waals surface area contributed by atoms with E-state index in [1.54, 1.807) is 6.07 Å². The van der Waals surface area contributed by atoms with Crippen LogP contribution >= 0.6 is 0 Å². The number of aryl methyl sites for hydroxylation is 1. The molecule has 0 bridgehead atoms. The summed E-state index contributed by atoms with van der Waals surface area (Å²) in [5.41, 5.74) is 7.27. The molecule has 7 nitrogen and oxygen atoms in total. The lowest BCUT2D eigenvalue weighted by molar-refractivity contribution is 0.198. The molecule has 2 aliphatic rings. The number of hydrogen-bond donors (Lipinski definition) is 2. The number of likely N-dealkylation sites (tertiary alicyclic amines) is 1. The Morgan fingerprint density at radius 1 is 1.02 bits per heavy atom. The lowest BCUT2D eigenvalue weighted by Crippen LogP contribution is -2.26. The van der Waals surface area contributed by atoms with Crippen molar-refractivity contribution in [2.45, 2.75) is 45.6 Å². The molecular formula is C33H37FN4O3. The van der Waals surface area contributed by atoms with E-state index in [4.69, 9.17) is 4.74 Å². The van der Waals surface area contributed by atoms with Gasteiger partial charge < -0.3 is 9.84 Å². The minimum absolute atomic E-state index is 0. The summed E-state index contributed by atoms with van der Waals surface area (Å²) < 4.78 is 20.3. The number of phenols is 1. The van der Waals surface area contributed by atoms with Gasteiger partial charge in [-0.15, -0.1) is 0 Å². The lowest BCUT2D eigenvalue weighted by Gasteiger charge is -2.19. The molecule has 4 aromatic rings. The maximum atomic E-state index is 12.6. The van der Waals surface area contributed by atoms with Crippen molar-refractivity contribution in [2.24, 2.45) is 0 Å². The average molecular weight is 557 g/mol. The van der Waals surface area contributed by atoms with Crippen LogP contribution in [0.15, 0.2) is 77.9 Å². The van der Waals surface area contributed by atoms with Gasteiger partial charge in [-0.3, -0.25) is 9.29 Å². The summed E-state index contributed by atoms with van der Waals surface area (Å²) in [4.78, 5) is 14.3. The molecule has 1 fully saturated rings. The molecular weight excluding hydrogens is 519 g/mol. The number of ether oxygens (including phenoxy) is 1. The minimum Gasteiger partial charge on any atom is -0.508 e. The van der Waals surface area contributed by atoms with E-state index in [0.717, 1.165) is 84.6 Å². The third kappa shape index (κ3) is 6.12. The SMILES string of the molecule is C.O=c1[nH]ncn1-c1ccc(C2=C(c3ccc(O[C@H]4CCN(CCCF)C4)cc3)c3ccc(O)cc3CCC2)cc1. The summed E-state index contributed by atoms with van der Waals surface area (Å²) >= 11 is 0. The predicted octanol–water partition coefficient (Wildman–Crippen LogP) is 6.01. The minimum atomic E-state index is -0.279. The average Bonchev–Trinajstić information content (AvgIpc) is 3.56. The number of H-pyrrole nitrogens is 1. The molecule has 0 radical (unpaired) electrons. The molecule has 1 saturated heterocycles. The summed E-state index contributed by atoms with van der Waals surface area (Å²) in [7, 11) is 0. The molecule has 0 unspecified atom stereocenters. The van der Waals surface area contributed by atoms with Crippen LogP contribution in [0.25, 0.3) is 16.8 Å². The summed E-state index contributed by atoms with van der Waals surface area (Å²) in [5.74, 6) is 1.11. The van der Waals surface area contributed by atoms with Gasteiger partial charge in [-0.2, -0.15) is 5.10 Å². The number of rotatable bonds is 8. The van der Waals surface area contributed by atoms with Crippen molar-refractivity contribution in [1.29, 1.82) is 0 Å². The van der Waals surface area contributed by atoms with E-state index in [1.165, 1.54) is 16.5 Å². The van der Waals surface area contributed by atoms with Gasteiger partial charge in [0.1, 0.15) is 23.9 Å². The second-order valence-corrected chi connectivity index (χ2v) is 10.5. The van der Waals surface area contributed by atoms with Crippen molar-refractivity contribution in [3.63, 3.8) is 0 Å². The first-order valence-corrected chi connectivity index (χ1v) is 13.9. The maximum Gasteiger partial charge on any atom is 0.347 e. The fourth-order valence-corrected chi connectivity index (χ4v) is 5.92. The van der Waals surface area contributed by atoms with Crippen molar-refractivity contribution in [2.75, 3.05) is 26.3 Å².